The van der Waals surface area contributed by atoms with Crippen molar-refractivity contribution in [3.8, 4) is 17.1 Å². The van der Waals surface area contributed by atoms with Gasteiger partial charge in [-0.05, 0) is 36.8 Å². The van der Waals surface area contributed by atoms with E-state index in [-0.39, 0.29) is 5.56 Å². The summed E-state index contributed by atoms with van der Waals surface area (Å²) in [5.41, 5.74) is 7.85. The number of benzene rings is 3. The van der Waals surface area contributed by atoms with Crippen LogP contribution in [0.1, 0.15) is 16.4 Å². The number of nitrogens with one attached hydrogen (secondary N) is 1. The molecular weight excluding hydrogens is 441 g/mol. The van der Waals surface area contributed by atoms with Gasteiger partial charge in [0.1, 0.15) is 11.1 Å². The standard InChI is InChI=1S/C24H20FN5O2S/c1-15-11-13-17(14-12-15)30-21(18-9-5-6-10-19(18)25)28-29-24(30)33-20(22(31)27-23(26)32)16-7-3-2-4-8-16/h2-14,20H,1H3,(H3,26,27,31,32)/t20-/m1/s1. The predicted molar refractivity (Wildman–Crippen MR) is 124 cm³/mol. The molecule has 166 valence electrons. The van der Waals surface area contributed by atoms with E-state index >= 15 is 0 Å². The Morgan fingerprint density at radius 2 is 1.64 bits per heavy atom. The van der Waals surface area contributed by atoms with Crippen molar-refractivity contribution in [3.63, 3.8) is 0 Å². The summed E-state index contributed by atoms with van der Waals surface area (Å²) in [7, 11) is 0. The minimum Gasteiger partial charge on any atom is -0.351 e. The van der Waals surface area contributed by atoms with E-state index in [9.17, 15) is 14.0 Å². The molecule has 0 aliphatic rings. The highest BCUT2D eigenvalue weighted by Gasteiger charge is 2.27. The van der Waals surface area contributed by atoms with Crippen molar-refractivity contribution in [2.45, 2.75) is 17.3 Å². The summed E-state index contributed by atoms with van der Waals surface area (Å²) < 4.78 is 16.3. The molecule has 3 amide bonds. The van der Waals surface area contributed by atoms with E-state index in [0.717, 1.165) is 17.3 Å². The SMILES string of the molecule is Cc1ccc(-n2c(S[C@@H](C(=O)NC(N)=O)c3ccccc3)nnc2-c2ccccc2F)cc1. The van der Waals surface area contributed by atoms with Gasteiger partial charge in [0.25, 0.3) is 0 Å². The Kier molecular flexibility index (Phi) is 6.50. The first-order valence-electron chi connectivity index (χ1n) is 10.0. The number of halogens is 1. The minimum atomic E-state index is -0.950. The van der Waals surface area contributed by atoms with Crippen molar-refractivity contribution < 1.29 is 14.0 Å². The Hall–Kier alpha value is -3.98. The summed E-state index contributed by atoms with van der Waals surface area (Å²) in [6.45, 7) is 1.96. The maximum absolute atomic E-state index is 14.6. The summed E-state index contributed by atoms with van der Waals surface area (Å²) in [5, 5.41) is 10.2. The first-order valence-corrected chi connectivity index (χ1v) is 10.9. The molecule has 9 heteroatoms. The number of rotatable bonds is 6. The number of nitrogens with zero attached hydrogens (tertiary/aromatic N) is 3. The summed E-state index contributed by atoms with van der Waals surface area (Å²) in [5.74, 6) is -0.743. The highest BCUT2D eigenvalue weighted by atomic mass is 32.2. The number of imide groups is 1. The molecule has 3 N–H and O–H groups in total. The van der Waals surface area contributed by atoms with Gasteiger partial charge in [-0.15, -0.1) is 10.2 Å². The zero-order valence-corrected chi connectivity index (χ0v) is 18.4. The van der Waals surface area contributed by atoms with Crippen molar-refractivity contribution >= 4 is 23.7 Å². The van der Waals surface area contributed by atoms with Crippen LogP contribution in [-0.2, 0) is 4.79 Å². The van der Waals surface area contributed by atoms with E-state index in [1.54, 1.807) is 47.0 Å². The van der Waals surface area contributed by atoms with Gasteiger partial charge in [0.15, 0.2) is 11.0 Å². The number of urea groups is 1. The zero-order chi connectivity index (χ0) is 23.4. The largest absolute Gasteiger partial charge is 0.351 e. The summed E-state index contributed by atoms with van der Waals surface area (Å²) in [6.07, 6.45) is 0. The monoisotopic (exact) mass is 461 g/mol. The summed E-state index contributed by atoms with van der Waals surface area (Å²) in [4.78, 5) is 24.2. The third kappa shape index (κ3) is 4.93. The molecule has 3 aromatic carbocycles. The van der Waals surface area contributed by atoms with E-state index in [4.69, 9.17) is 5.73 Å². The van der Waals surface area contributed by atoms with Gasteiger partial charge in [-0.2, -0.15) is 0 Å². The van der Waals surface area contributed by atoms with Crippen molar-refractivity contribution in [2.24, 2.45) is 5.73 Å². The average molecular weight is 462 g/mol. The number of nitrogens with two attached hydrogens (primary N) is 1. The van der Waals surface area contributed by atoms with E-state index in [0.29, 0.717) is 22.2 Å². The molecule has 0 saturated carbocycles. The van der Waals surface area contributed by atoms with Crippen LogP contribution in [0.4, 0.5) is 9.18 Å². The lowest BCUT2D eigenvalue weighted by Gasteiger charge is -2.17. The van der Waals surface area contributed by atoms with Gasteiger partial charge in [0, 0.05) is 5.69 Å². The molecule has 1 heterocycles. The lowest BCUT2D eigenvalue weighted by Crippen LogP contribution is -2.37. The molecule has 0 saturated heterocycles. The Balaban J connectivity index is 1.84. The number of amides is 3. The predicted octanol–water partition coefficient (Wildman–Crippen LogP) is 4.41. The third-order valence-corrected chi connectivity index (χ3v) is 6.05. The van der Waals surface area contributed by atoms with Gasteiger partial charge in [0.2, 0.25) is 5.91 Å². The van der Waals surface area contributed by atoms with Gasteiger partial charge in [-0.3, -0.25) is 14.7 Å². The fraction of sp³-hybridized carbons (Fsp3) is 0.0833. The Bertz CT molecular complexity index is 1290. The van der Waals surface area contributed by atoms with Gasteiger partial charge in [-0.25, -0.2) is 9.18 Å². The van der Waals surface area contributed by atoms with Crippen LogP contribution >= 0.6 is 11.8 Å². The van der Waals surface area contributed by atoms with Crippen LogP contribution in [0, 0.1) is 12.7 Å². The molecule has 0 aliphatic carbocycles. The van der Waals surface area contributed by atoms with Crippen molar-refractivity contribution in [1.82, 2.24) is 20.1 Å². The summed E-state index contributed by atoms with van der Waals surface area (Å²) in [6, 6.07) is 21.8. The zero-order valence-electron chi connectivity index (χ0n) is 17.6. The van der Waals surface area contributed by atoms with Crippen molar-refractivity contribution in [3.05, 3.63) is 95.8 Å². The van der Waals surface area contributed by atoms with Crippen LogP contribution in [0.5, 0.6) is 0 Å². The van der Waals surface area contributed by atoms with Gasteiger partial charge in [-0.1, -0.05) is 71.9 Å². The average Bonchev–Trinajstić information content (AvgIpc) is 3.21. The normalized spacial score (nSPS) is 11.7. The first kappa shape index (κ1) is 22.2. The second-order valence-corrected chi connectivity index (χ2v) is 8.29. The molecule has 4 aromatic rings. The lowest BCUT2D eigenvalue weighted by atomic mass is 10.1. The minimum absolute atomic E-state index is 0.273. The fourth-order valence-corrected chi connectivity index (χ4v) is 4.34. The molecule has 1 atom stereocenters. The quantitative estimate of drug-likeness (QED) is 0.414. The highest BCUT2D eigenvalue weighted by Crippen LogP contribution is 2.38. The second kappa shape index (κ2) is 9.66. The smallest absolute Gasteiger partial charge is 0.318 e. The number of thioether (sulfide) groups is 1. The topological polar surface area (TPSA) is 103 Å². The maximum atomic E-state index is 14.6. The number of aryl methyl sites for hydroxylation is 1. The number of primary amides is 1. The van der Waals surface area contributed by atoms with Crippen LogP contribution in [0.15, 0.2) is 84.0 Å². The Morgan fingerprint density at radius 3 is 2.30 bits per heavy atom. The molecule has 0 fully saturated rings. The highest BCUT2D eigenvalue weighted by molar-refractivity contribution is 8.00. The van der Waals surface area contributed by atoms with E-state index in [2.05, 4.69) is 15.5 Å². The molecule has 33 heavy (non-hydrogen) atoms. The van der Waals surface area contributed by atoms with E-state index < -0.39 is 23.0 Å². The second-order valence-electron chi connectivity index (χ2n) is 7.22. The van der Waals surface area contributed by atoms with Gasteiger partial charge >= 0.3 is 6.03 Å². The molecule has 7 nitrogen and oxygen atoms in total. The van der Waals surface area contributed by atoms with Crippen LogP contribution in [0.25, 0.3) is 17.1 Å². The molecule has 1 aromatic heterocycles. The van der Waals surface area contributed by atoms with Gasteiger partial charge < -0.3 is 5.73 Å². The number of carbonyl (C=O) groups is 2. The van der Waals surface area contributed by atoms with Crippen molar-refractivity contribution in [1.29, 1.82) is 0 Å². The summed E-state index contributed by atoms with van der Waals surface area (Å²) >= 11 is 1.09. The number of hydrogen-bond donors (Lipinski definition) is 2. The number of aromatic nitrogens is 3. The number of hydrogen-bond acceptors (Lipinski definition) is 5. The first-order chi connectivity index (χ1) is 15.9. The lowest BCUT2D eigenvalue weighted by molar-refractivity contribution is -0.119. The van der Waals surface area contributed by atoms with Crippen LogP contribution in [0.3, 0.4) is 0 Å². The molecular formula is C24H20FN5O2S. The van der Waals surface area contributed by atoms with E-state index in [1.807, 2.05) is 37.3 Å². The van der Waals surface area contributed by atoms with Crippen molar-refractivity contribution in [2.75, 3.05) is 0 Å². The maximum Gasteiger partial charge on any atom is 0.318 e. The van der Waals surface area contributed by atoms with Crippen LogP contribution in [0.2, 0.25) is 0 Å². The molecule has 0 aliphatic heterocycles. The van der Waals surface area contributed by atoms with Crippen LogP contribution in [-0.4, -0.2) is 26.7 Å². The molecule has 0 bridgehead atoms. The molecule has 0 radical (unpaired) electrons. The Morgan fingerprint density at radius 1 is 0.970 bits per heavy atom. The third-order valence-electron chi connectivity index (χ3n) is 4.85. The molecule has 0 spiro atoms. The van der Waals surface area contributed by atoms with Crippen LogP contribution < -0.4 is 11.1 Å². The van der Waals surface area contributed by atoms with Gasteiger partial charge in [0.05, 0.1) is 5.56 Å². The molecule has 0 unspecified atom stereocenters. The fourth-order valence-electron chi connectivity index (χ4n) is 3.28. The van der Waals surface area contributed by atoms with E-state index in [1.165, 1.54) is 6.07 Å². The number of carbonyl (C=O) groups excluding carboxylic acids is 2. The molecule has 4 rings (SSSR count). The Labute approximate surface area is 193 Å².